The molecule has 4 aromatic rings. The molecule has 0 saturated carbocycles. The van der Waals surface area contributed by atoms with Crippen molar-refractivity contribution in [2.45, 2.75) is 24.1 Å². The quantitative estimate of drug-likeness (QED) is 0.327. The third-order valence-electron chi connectivity index (χ3n) is 6.48. The Kier molecular flexibility index (Phi) is 8.03. The van der Waals surface area contributed by atoms with Crippen LogP contribution in [-0.2, 0) is 10.0 Å². The van der Waals surface area contributed by atoms with Gasteiger partial charge in [-0.05, 0) is 38.1 Å². The van der Waals surface area contributed by atoms with Crippen LogP contribution in [0.1, 0.15) is 12.6 Å². The number of carbonyl (C=O) groups is 1. The number of hydrogen-bond donors (Lipinski definition) is 1. The Balaban J connectivity index is 1.19. The predicted octanol–water partition coefficient (Wildman–Crippen LogP) is 3.52. The summed E-state index contributed by atoms with van der Waals surface area (Å²) in [4.78, 5) is 25.1. The molecule has 1 fully saturated rings. The number of benzene rings is 1. The molecule has 1 N–H and O–H groups in total. The van der Waals surface area contributed by atoms with E-state index in [4.69, 9.17) is 9.26 Å². The van der Waals surface area contributed by atoms with Gasteiger partial charge in [0.05, 0.1) is 10.6 Å². The second kappa shape index (κ2) is 11.5. The van der Waals surface area contributed by atoms with Crippen LogP contribution in [-0.4, -0.2) is 96.6 Å². The normalized spacial score (nSPS) is 15.7. The molecular formula is C26H31N7O5S2. The molecular weight excluding hydrogens is 554 g/mol. The van der Waals surface area contributed by atoms with E-state index >= 15 is 0 Å². The summed E-state index contributed by atoms with van der Waals surface area (Å²) in [7, 11) is -0.361. The molecule has 1 amide bonds. The zero-order valence-electron chi connectivity index (χ0n) is 22.7. The van der Waals surface area contributed by atoms with E-state index in [0.717, 1.165) is 16.0 Å². The van der Waals surface area contributed by atoms with Crippen LogP contribution >= 0.6 is 11.3 Å². The van der Waals surface area contributed by atoms with Crippen LogP contribution in [0.5, 0.6) is 5.75 Å². The van der Waals surface area contributed by atoms with E-state index in [1.807, 2.05) is 19.9 Å². The van der Waals surface area contributed by atoms with E-state index in [2.05, 4.69) is 25.3 Å². The van der Waals surface area contributed by atoms with Gasteiger partial charge in [-0.25, -0.2) is 23.2 Å². The molecule has 40 heavy (non-hydrogen) atoms. The molecule has 1 aliphatic rings. The van der Waals surface area contributed by atoms with Crippen LogP contribution < -0.4 is 10.1 Å². The fourth-order valence-electron chi connectivity index (χ4n) is 4.46. The van der Waals surface area contributed by atoms with E-state index in [1.54, 1.807) is 44.4 Å². The van der Waals surface area contributed by atoms with Crippen LogP contribution in [0.3, 0.4) is 0 Å². The van der Waals surface area contributed by atoms with Crippen molar-refractivity contribution in [3.63, 3.8) is 0 Å². The van der Waals surface area contributed by atoms with Gasteiger partial charge < -0.3 is 19.5 Å². The largest absolute Gasteiger partial charge is 0.414 e. The summed E-state index contributed by atoms with van der Waals surface area (Å²) in [5, 5.41) is 8.06. The zero-order chi connectivity index (χ0) is 28.4. The summed E-state index contributed by atoms with van der Waals surface area (Å²) >= 11 is 1.19. The SMILES string of the molecule is Cc1cc(-c2ccc(S(=O)(=O)N3CCN(CC(C)Nc4ncnc5c(OC(=O)N(C)C)cccc45)CC3)s2)on1. The number of sulfonamides is 1. The minimum Gasteiger partial charge on any atom is -0.408 e. The number of piperazine rings is 1. The molecule has 1 atom stereocenters. The topological polar surface area (TPSA) is 134 Å². The highest BCUT2D eigenvalue weighted by molar-refractivity contribution is 7.91. The number of para-hydroxylation sites is 1. The number of aromatic nitrogens is 3. The fourth-order valence-corrected chi connectivity index (χ4v) is 7.29. The van der Waals surface area contributed by atoms with Crippen molar-refractivity contribution >= 4 is 44.2 Å². The predicted molar refractivity (Wildman–Crippen MR) is 152 cm³/mol. The van der Waals surface area contributed by atoms with Crippen LogP contribution in [0.15, 0.2) is 51.5 Å². The number of nitrogens with zero attached hydrogens (tertiary/aromatic N) is 6. The smallest absolute Gasteiger partial charge is 0.408 e. The molecule has 1 saturated heterocycles. The Labute approximate surface area is 236 Å². The van der Waals surface area contributed by atoms with Crippen LogP contribution in [0.2, 0.25) is 0 Å². The number of anilines is 1. The first-order valence-corrected chi connectivity index (χ1v) is 15.0. The van der Waals surface area contributed by atoms with Crippen molar-refractivity contribution < 1.29 is 22.5 Å². The summed E-state index contributed by atoms with van der Waals surface area (Å²) in [5.74, 6) is 1.56. The lowest BCUT2D eigenvalue weighted by atomic mass is 10.2. The first-order valence-electron chi connectivity index (χ1n) is 12.8. The third-order valence-corrected chi connectivity index (χ3v) is 9.95. The number of amides is 1. The van der Waals surface area contributed by atoms with Crippen molar-refractivity contribution in [1.29, 1.82) is 0 Å². The fraction of sp³-hybridized carbons (Fsp3) is 0.385. The lowest BCUT2D eigenvalue weighted by Gasteiger charge is -2.35. The molecule has 212 valence electrons. The maximum atomic E-state index is 13.3. The molecule has 0 aliphatic carbocycles. The van der Waals surface area contributed by atoms with Gasteiger partial charge in [0.15, 0.2) is 11.5 Å². The first kappa shape index (κ1) is 28.0. The lowest BCUT2D eigenvalue weighted by Crippen LogP contribution is -2.50. The van der Waals surface area contributed by atoms with Gasteiger partial charge in [-0.1, -0.05) is 11.2 Å². The molecule has 3 aromatic heterocycles. The maximum Gasteiger partial charge on any atom is 0.414 e. The van der Waals surface area contributed by atoms with Gasteiger partial charge in [0.25, 0.3) is 10.0 Å². The Hall–Kier alpha value is -3.59. The minimum atomic E-state index is -3.59. The molecule has 0 spiro atoms. The number of carbonyl (C=O) groups excluding carboxylic acids is 1. The molecule has 1 aromatic carbocycles. The highest BCUT2D eigenvalue weighted by atomic mass is 32.2. The summed E-state index contributed by atoms with van der Waals surface area (Å²) in [6, 6.07) is 10.6. The second-order valence-electron chi connectivity index (χ2n) is 9.84. The minimum absolute atomic E-state index is 0.0134. The molecule has 12 nitrogen and oxygen atoms in total. The molecule has 14 heteroatoms. The van der Waals surface area contributed by atoms with Gasteiger partial charge in [0.1, 0.15) is 21.9 Å². The number of hydrogen-bond acceptors (Lipinski definition) is 11. The highest BCUT2D eigenvalue weighted by Crippen LogP contribution is 2.33. The maximum absolute atomic E-state index is 13.3. The number of fused-ring (bicyclic) bond motifs is 1. The summed E-state index contributed by atoms with van der Waals surface area (Å²) in [6.07, 6.45) is 0.952. The average molecular weight is 586 g/mol. The monoisotopic (exact) mass is 585 g/mol. The van der Waals surface area contributed by atoms with E-state index < -0.39 is 16.1 Å². The Morgan fingerprint density at radius 2 is 1.95 bits per heavy atom. The number of ether oxygens (including phenoxy) is 1. The molecule has 0 bridgehead atoms. The first-order chi connectivity index (χ1) is 19.1. The number of nitrogens with one attached hydrogen (secondary N) is 1. The standard InChI is InChI=1S/C26H31N7O5S2/c1-17-14-21(38-30-17)22-8-9-23(39-22)40(35,36)33-12-10-32(11-13-33)15-18(2)29-25-19-6-5-7-20(24(19)27-16-28-25)37-26(34)31(3)4/h5-9,14,16,18H,10-13,15H2,1-4H3,(H,27,28,29). The van der Waals surface area contributed by atoms with Crippen molar-refractivity contribution in [3.05, 3.63) is 48.4 Å². The van der Waals surface area contributed by atoms with Crippen LogP contribution in [0, 0.1) is 6.92 Å². The summed E-state index contributed by atoms with van der Waals surface area (Å²) in [5.41, 5.74) is 1.28. The van der Waals surface area contributed by atoms with E-state index in [0.29, 0.717) is 59.8 Å². The number of aryl methyl sites for hydroxylation is 1. The second-order valence-corrected chi connectivity index (χ2v) is 13.1. The van der Waals surface area contributed by atoms with Crippen molar-refractivity contribution in [3.8, 4) is 16.4 Å². The van der Waals surface area contributed by atoms with Gasteiger partial charge in [-0.15, -0.1) is 11.3 Å². The van der Waals surface area contributed by atoms with Gasteiger partial charge >= 0.3 is 6.09 Å². The number of thiophene rings is 1. The molecule has 4 heterocycles. The van der Waals surface area contributed by atoms with Gasteiger partial charge in [-0.3, -0.25) is 4.90 Å². The van der Waals surface area contributed by atoms with E-state index in [9.17, 15) is 13.2 Å². The van der Waals surface area contributed by atoms with E-state index in [1.165, 1.54) is 26.9 Å². The number of rotatable bonds is 8. The Bertz CT molecular complexity index is 1610. The zero-order valence-corrected chi connectivity index (χ0v) is 24.3. The Morgan fingerprint density at radius 3 is 2.65 bits per heavy atom. The van der Waals surface area contributed by atoms with Gasteiger partial charge in [0.2, 0.25) is 0 Å². The average Bonchev–Trinajstić information content (AvgIpc) is 3.59. The third kappa shape index (κ3) is 5.94. The van der Waals surface area contributed by atoms with Crippen molar-refractivity contribution in [2.75, 3.05) is 52.1 Å². The van der Waals surface area contributed by atoms with Crippen molar-refractivity contribution in [2.24, 2.45) is 0 Å². The molecule has 1 aliphatic heterocycles. The molecule has 0 radical (unpaired) electrons. The highest BCUT2D eigenvalue weighted by Gasteiger charge is 2.30. The summed E-state index contributed by atoms with van der Waals surface area (Å²) < 4.78 is 39.1. The Morgan fingerprint density at radius 1 is 1.18 bits per heavy atom. The molecule has 5 rings (SSSR count). The van der Waals surface area contributed by atoms with Gasteiger partial charge in [-0.2, -0.15) is 4.31 Å². The van der Waals surface area contributed by atoms with Crippen LogP contribution in [0.4, 0.5) is 10.6 Å². The summed E-state index contributed by atoms with van der Waals surface area (Å²) in [6.45, 7) is 6.60. The van der Waals surface area contributed by atoms with Crippen LogP contribution in [0.25, 0.3) is 21.5 Å². The van der Waals surface area contributed by atoms with Crippen molar-refractivity contribution in [1.82, 2.24) is 29.2 Å². The van der Waals surface area contributed by atoms with Gasteiger partial charge in [0, 0.05) is 64.3 Å². The van der Waals surface area contributed by atoms with E-state index in [-0.39, 0.29) is 6.04 Å². The lowest BCUT2D eigenvalue weighted by molar-refractivity contribution is 0.172. The molecule has 1 unspecified atom stereocenters.